The van der Waals surface area contributed by atoms with Crippen LogP contribution in [-0.4, -0.2) is 10.5 Å². The molecule has 0 saturated heterocycles. The fourth-order valence-corrected chi connectivity index (χ4v) is 2.84. The van der Waals surface area contributed by atoms with E-state index in [2.05, 4.69) is 28.2 Å². The van der Waals surface area contributed by atoms with Crippen molar-refractivity contribution < 1.29 is 4.79 Å². The van der Waals surface area contributed by atoms with Gasteiger partial charge in [0.2, 0.25) is 5.91 Å². The third-order valence-corrected chi connectivity index (χ3v) is 4.07. The molecule has 1 N–H and O–H groups in total. The average molecular weight is 289 g/mol. The van der Waals surface area contributed by atoms with Gasteiger partial charge in [-0.2, -0.15) is 0 Å². The van der Waals surface area contributed by atoms with Gasteiger partial charge in [0.1, 0.15) is 0 Å². The zero-order chi connectivity index (χ0) is 13.9. The van der Waals surface area contributed by atoms with E-state index in [1.807, 2.05) is 12.1 Å². The lowest BCUT2D eigenvalue weighted by Gasteiger charge is -2.14. The van der Waals surface area contributed by atoms with Gasteiger partial charge in [0.05, 0.1) is 0 Å². The van der Waals surface area contributed by atoms with E-state index in [1.165, 1.54) is 5.69 Å². The number of benzene rings is 1. The van der Waals surface area contributed by atoms with Crippen molar-refractivity contribution >= 4 is 23.2 Å². The molecule has 1 aromatic carbocycles. The van der Waals surface area contributed by atoms with Crippen molar-refractivity contribution in [3.8, 4) is 0 Å². The highest BCUT2D eigenvalue weighted by molar-refractivity contribution is 6.30. The summed E-state index contributed by atoms with van der Waals surface area (Å²) in [6.07, 6.45) is 4.88. The third-order valence-electron chi connectivity index (χ3n) is 3.81. The first-order valence-corrected chi connectivity index (χ1v) is 7.30. The molecule has 0 spiro atoms. The molecule has 1 aromatic heterocycles. The number of aryl methyl sites for hydroxylation is 1. The molecule has 1 aliphatic rings. The number of carbonyl (C=O) groups is 1. The van der Waals surface area contributed by atoms with Crippen molar-refractivity contribution in [2.45, 2.75) is 25.8 Å². The lowest BCUT2D eigenvalue weighted by molar-refractivity contribution is -0.120. The molecule has 0 saturated carbocycles. The second kappa shape index (κ2) is 5.71. The van der Waals surface area contributed by atoms with Crippen LogP contribution in [0.25, 0.3) is 0 Å². The number of nitrogens with zero attached hydrogens (tertiary/aromatic N) is 1. The van der Waals surface area contributed by atoms with Gasteiger partial charge in [0, 0.05) is 35.1 Å². The Bertz CT molecular complexity index is 603. The summed E-state index contributed by atoms with van der Waals surface area (Å²) in [7, 11) is 0. The van der Waals surface area contributed by atoms with Crippen LogP contribution in [-0.2, 0) is 17.8 Å². The summed E-state index contributed by atoms with van der Waals surface area (Å²) in [6, 6.07) is 11.4. The molecule has 3 nitrogen and oxygen atoms in total. The minimum Gasteiger partial charge on any atom is -0.351 e. The largest absolute Gasteiger partial charge is 0.351 e. The normalized spacial score (nSPS) is 18.1. The van der Waals surface area contributed by atoms with E-state index in [4.69, 9.17) is 11.6 Å². The molecular weight excluding hydrogens is 272 g/mol. The summed E-state index contributed by atoms with van der Waals surface area (Å²) in [5.41, 5.74) is 2.05. The van der Waals surface area contributed by atoms with Crippen molar-refractivity contribution in [1.29, 1.82) is 0 Å². The summed E-state index contributed by atoms with van der Waals surface area (Å²) < 4.78 is 2.25. The molecule has 2 aromatic rings. The highest BCUT2D eigenvalue weighted by atomic mass is 35.5. The standard InChI is InChI=1S/C16H17ClN2O/c17-13-5-7-14(8-6-13)18-16(20)12-3-1-9-19-10-2-4-15(19)11-12/h2,4-8,10,12H,1,3,9,11H2,(H,18,20). The summed E-state index contributed by atoms with van der Waals surface area (Å²) in [6.45, 7) is 1.01. The zero-order valence-corrected chi connectivity index (χ0v) is 11.9. The van der Waals surface area contributed by atoms with Crippen LogP contribution < -0.4 is 5.32 Å². The summed E-state index contributed by atoms with van der Waals surface area (Å²) in [4.78, 5) is 12.4. The second-order valence-electron chi connectivity index (χ2n) is 5.23. The van der Waals surface area contributed by atoms with Crippen molar-refractivity contribution in [2.75, 3.05) is 5.32 Å². The van der Waals surface area contributed by atoms with Crippen molar-refractivity contribution in [1.82, 2.24) is 4.57 Å². The molecule has 3 rings (SSSR count). The Balaban J connectivity index is 1.69. The summed E-state index contributed by atoms with van der Waals surface area (Å²) in [5, 5.41) is 3.66. The van der Waals surface area contributed by atoms with E-state index < -0.39 is 0 Å². The molecule has 4 heteroatoms. The van der Waals surface area contributed by atoms with Crippen LogP contribution in [0, 0.1) is 5.92 Å². The fourth-order valence-electron chi connectivity index (χ4n) is 2.72. The molecule has 0 fully saturated rings. The number of hydrogen-bond donors (Lipinski definition) is 1. The zero-order valence-electron chi connectivity index (χ0n) is 11.2. The van der Waals surface area contributed by atoms with Gasteiger partial charge >= 0.3 is 0 Å². The Hall–Kier alpha value is -1.74. The maximum Gasteiger partial charge on any atom is 0.227 e. The van der Waals surface area contributed by atoms with E-state index in [0.717, 1.165) is 31.5 Å². The number of halogens is 1. The molecule has 1 aliphatic heterocycles. The predicted molar refractivity (Wildman–Crippen MR) is 80.9 cm³/mol. The number of carbonyl (C=O) groups excluding carboxylic acids is 1. The first kappa shape index (κ1) is 13.3. The smallest absolute Gasteiger partial charge is 0.227 e. The van der Waals surface area contributed by atoms with Crippen LogP contribution in [0.2, 0.25) is 5.02 Å². The number of rotatable bonds is 2. The topological polar surface area (TPSA) is 34.0 Å². The molecule has 1 unspecified atom stereocenters. The highest BCUT2D eigenvalue weighted by Gasteiger charge is 2.22. The van der Waals surface area contributed by atoms with Gasteiger partial charge in [-0.1, -0.05) is 11.6 Å². The van der Waals surface area contributed by atoms with E-state index in [1.54, 1.807) is 12.1 Å². The minimum atomic E-state index is 0.0434. The molecule has 1 amide bonds. The molecule has 0 aliphatic carbocycles. The first-order chi connectivity index (χ1) is 9.72. The average Bonchev–Trinajstić information content (AvgIpc) is 2.78. The van der Waals surface area contributed by atoms with Crippen LogP contribution in [0.5, 0.6) is 0 Å². The number of nitrogens with one attached hydrogen (secondary N) is 1. The first-order valence-electron chi connectivity index (χ1n) is 6.93. The Morgan fingerprint density at radius 1 is 1.25 bits per heavy atom. The lowest BCUT2D eigenvalue weighted by atomic mass is 9.98. The number of aromatic nitrogens is 1. The van der Waals surface area contributed by atoms with Gasteiger partial charge in [0.15, 0.2) is 0 Å². The number of fused-ring (bicyclic) bond motifs is 1. The third kappa shape index (κ3) is 2.88. The van der Waals surface area contributed by atoms with Crippen molar-refractivity contribution in [3.63, 3.8) is 0 Å². The molecule has 2 heterocycles. The Morgan fingerprint density at radius 2 is 2.05 bits per heavy atom. The summed E-state index contributed by atoms with van der Waals surface area (Å²) in [5.74, 6) is 0.142. The Kier molecular flexibility index (Phi) is 3.79. The van der Waals surface area contributed by atoms with Crippen LogP contribution in [0.4, 0.5) is 5.69 Å². The molecule has 0 radical (unpaired) electrons. The lowest BCUT2D eigenvalue weighted by Crippen LogP contribution is -2.24. The quantitative estimate of drug-likeness (QED) is 0.897. The molecule has 104 valence electrons. The van der Waals surface area contributed by atoms with Gasteiger partial charge in [-0.05, 0) is 55.7 Å². The van der Waals surface area contributed by atoms with E-state index in [0.29, 0.717) is 5.02 Å². The monoisotopic (exact) mass is 288 g/mol. The van der Waals surface area contributed by atoms with Crippen molar-refractivity contribution in [3.05, 3.63) is 53.3 Å². The summed E-state index contributed by atoms with van der Waals surface area (Å²) >= 11 is 5.85. The SMILES string of the molecule is O=C(Nc1ccc(Cl)cc1)C1CCCn2cccc2C1. The Morgan fingerprint density at radius 3 is 2.85 bits per heavy atom. The molecule has 0 bridgehead atoms. The van der Waals surface area contributed by atoms with Crippen LogP contribution in [0.1, 0.15) is 18.5 Å². The molecule has 1 atom stereocenters. The molecular formula is C16H17ClN2O. The van der Waals surface area contributed by atoms with Crippen LogP contribution >= 0.6 is 11.6 Å². The van der Waals surface area contributed by atoms with E-state index >= 15 is 0 Å². The highest BCUT2D eigenvalue weighted by Crippen LogP contribution is 2.22. The van der Waals surface area contributed by atoms with Gasteiger partial charge in [0.25, 0.3) is 0 Å². The number of anilines is 1. The van der Waals surface area contributed by atoms with E-state index in [-0.39, 0.29) is 11.8 Å². The van der Waals surface area contributed by atoms with E-state index in [9.17, 15) is 4.79 Å². The number of hydrogen-bond acceptors (Lipinski definition) is 1. The van der Waals surface area contributed by atoms with Gasteiger partial charge < -0.3 is 9.88 Å². The van der Waals surface area contributed by atoms with Gasteiger partial charge in [-0.3, -0.25) is 4.79 Å². The van der Waals surface area contributed by atoms with Crippen molar-refractivity contribution in [2.24, 2.45) is 5.92 Å². The minimum absolute atomic E-state index is 0.0434. The van der Waals surface area contributed by atoms with Crippen LogP contribution in [0.3, 0.4) is 0 Å². The van der Waals surface area contributed by atoms with Crippen LogP contribution in [0.15, 0.2) is 42.6 Å². The number of amides is 1. The predicted octanol–water partition coefficient (Wildman–Crippen LogP) is 3.73. The second-order valence-corrected chi connectivity index (χ2v) is 5.67. The Labute approximate surface area is 123 Å². The maximum absolute atomic E-state index is 12.4. The van der Waals surface area contributed by atoms with Gasteiger partial charge in [-0.25, -0.2) is 0 Å². The van der Waals surface area contributed by atoms with Gasteiger partial charge in [-0.15, -0.1) is 0 Å². The fraction of sp³-hybridized carbons (Fsp3) is 0.312. The maximum atomic E-state index is 12.4. The molecule has 20 heavy (non-hydrogen) atoms.